The van der Waals surface area contributed by atoms with Crippen LogP contribution in [0.3, 0.4) is 0 Å². The van der Waals surface area contributed by atoms with Gasteiger partial charge < -0.3 is 10.1 Å². The molecule has 1 atom stereocenters. The first-order valence-electron chi connectivity index (χ1n) is 7.41. The van der Waals surface area contributed by atoms with Crippen molar-refractivity contribution in [2.45, 2.75) is 25.8 Å². The number of nitriles is 1. The average Bonchev–Trinajstić information content (AvgIpc) is 2.53. The van der Waals surface area contributed by atoms with Crippen LogP contribution in [0.4, 0.5) is 0 Å². The van der Waals surface area contributed by atoms with E-state index in [1.807, 2.05) is 12.1 Å². The second-order valence-electron chi connectivity index (χ2n) is 5.11. The lowest BCUT2D eigenvalue weighted by molar-refractivity contribution is 0.144. The Balaban J connectivity index is 1.76. The lowest BCUT2D eigenvalue weighted by Crippen LogP contribution is -2.47. The first kappa shape index (κ1) is 14.8. The Morgan fingerprint density at radius 3 is 2.80 bits per heavy atom. The summed E-state index contributed by atoms with van der Waals surface area (Å²) in [4.78, 5) is 2.48. The largest absolute Gasteiger partial charge is 0.492 e. The van der Waals surface area contributed by atoms with Gasteiger partial charge in [-0.3, -0.25) is 4.90 Å². The van der Waals surface area contributed by atoms with E-state index in [9.17, 15) is 0 Å². The lowest BCUT2D eigenvalue weighted by atomic mass is 10.1. The first-order chi connectivity index (χ1) is 9.83. The molecule has 4 nitrogen and oxygen atoms in total. The van der Waals surface area contributed by atoms with E-state index < -0.39 is 0 Å². The summed E-state index contributed by atoms with van der Waals surface area (Å²) < 4.78 is 5.76. The topological polar surface area (TPSA) is 48.3 Å². The number of hydrogen-bond acceptors (Lipinski definition) is 4. The van der Waals surface area contributed by atoms with Gasteiger partial charge in [0.25, 0.3) is 0 Å². The predicted octanol–water partition coefficient (Wildman–Crippen LogP) is 2.01. The van der Waals surface area contributed by atoms with E-state index in [2.05, 4.69) is 23.2 Å². The first-order valence-corrected chi connectivity index (χ1v) is 7.41. The van der Waals surface area contributed by atoms with E-state index >= 15 is 0 Å². The highest BCUT2D eigenvalue weighted by Crippen LogP contribution is 2.13. The summed E-state index contributed by atoms with van der Waals surface area (Å²) in [5.41, 5.74) is 0.667. The van der Waals surface area contributed by atoms with Crippen LogP contribution in [-0.2, 0) is 0 Å². The molecule has 20 heavy (non-hydrogen) atoms. The van der Waals surface area contributed by atoms with Crippen molar-refractivity contribution in [2.75, 3.05) is 32.8 Å². The highest BCUT2D eigenvalue weighted by Gasteiger charge is 2.19. The molecule has 0 amide bonds. The fourth-order valence-corrected chi connectivity index (χ4v) is 2.65. The van der Waals surface area contributed by atoms with Crippen molar-refractivity contribution in [3.05, 3.63) is 29.8 Å². The molecule has 0 bridgehead atoms. The molecule has 1 aliphatic heterocycles. The van der Waals surface area contributed by atoms with E-state index in [0.29, 0.717) is 18.2 Å². The Morgan fingerprint density at radius 2 is 2.20 bits per heavy atom. The van der Waals surface area contributed by atoms with Crippen molar-refractivity contribution < 1.29 is 4.74 Å². The van der Waals surface area contributed by atoms with E-state index in [0.717, 1.165) is 31.9 Å². The van der Waals surface area contributed by atoms with Gasteiger partial charge >= 0.3 is 0 Å². The van der Waals surface area contributed by atoms with Crippen LogP contribution in [0.25, 0.3) is 0 Å². The molecule has 1 saturated heterocycles. The third-order valence-electron chi connectivity index (χ3n) is 3.82. The van der Waals surface area contributed by atoms with E-state index in [-0.39, 0.29) is 0 Å². The maximum atomic E-state index is 8.75. The summed E-state index contributed by atoms with van der Waals surface area (Å²) >= 11 is 0. The van der Waals surface area contributed by atoms with Gasteiger partial charge in [0.2, 0.25) is 0 Å². The zero-order valence-electron chi connectivity index (χ0n) is 12.1. The Bertz CT molecular complexity index is 432. The van der Waals surface area contributed by atoms with Gasteiger partial charge in [-0.15, -0.1) is 0 Å². The third kappa shape index (κ3) is 4.22. The van der Waals surface area contributed by atoms with Gasteiger partial charge in [-0.1, -0.05) is 6.92 Å². The molecule has 0 aliphatic carbocycles. The molecule has 0 spiro atoms. The monoisotopic (exact) mass is 273 g/mol. The second-order valence-corrected chi connectivity index (χ2v) is 5.11. The van der Waals surface area contributed by atoms with Crippen molar-refractivity contribution in [1.29, 1.82) is 5.26 Å². The third-order valence-corrected chi connectivity index (χ3v) is 3.82. The number of likely N-dealkylation sites (N-methyl/N-ethyl adjacent to an activating group) is 1. The SMILES string of the molecule is CCN(CCOc1ccc(C#N)cc1)C1CCCNC1. The molecule has 1 aliphatic rings. The molecule has 1 N–H and O–H groups in total. The maximum absolute atomic E-state index is 8.75. The zero-order chi connectivity index (χ0) is 14.2. The summed E-state index contributed by atoms with van der Waals surface area (Å²) in [6.07, 6.45) is 2.54. The Hall–Kier alpha value is -1.57. The van der Waals surface area contributed by atoms with E-state index in [1.54, 1.807) is 12.1 Å². The molecular formula is C16H23N3O. The van der Waals surface area contributed by atoms with Crippen LogP contribution < -0.4 is 10.1 Å². The van der Waals surface area contributed by atoms with Gasteiger partial charge in [0, 0.05) is 19.1 Å². The fourth-order valence-electron chi connectivity index (χ4n) is 2.65. The van der Waals surface area contributed by atoms with E-state index in [1.165, 1.54) is 12.8 Å². The molecule has 1 aromatic carbocycles. The highest BCUT2D eigenvalue weighted by atomic mass is 16.5. The van der Waals surface area contributed by atoms with E-state index in [4.69, 9.17) is 10.00 Å². The van der Waals surface area contributed by atoms with Crippen molar-refractivity contribution in [1.82, 2.24) is 10.2 Å². The standard InChI is InChI=1S/C16H23N3O/c1-2-19(15-4-3-9-18-13-15)10-11-20-16-7-5-14(12-17)6-8-16/h5-8,15,18H,2-4,9-11,13H2,1H3. The quantitative estimate of drug-likeness (QED) is 0.861. The molecule has 1 aromatic rings. The number of rotatable bonds is 6. The smallest absolute Gasteiger partial charge is 0.119 e. The van der Waals surface area contributed by atoms with Crippen LogP contribution in [-0.4, -0.2) is 43.7 Å². The molecule has 0 aromatic heterocycles. The van der Waals surface area contributed by atoms with Crippen molar-refractivity contribution in [2.24, 2.45) is 0 Å². The van der Waals surface area contributed by atoms with Gasteiger partial charge in [0.15, 0.2) is 0 Å². The second kappa shape index (κ2) is 7.88. The summed E-state index contributed by atoms with van der Waals surface area (Å²) in [6.45, 7) is 7.14. The number of ether oxygens (including phenoxy) is 1. The van der Waals surface area contributed by atoms with Crippen LogP contribution in [0.15, 0.2) is 24.3 Å². The van der Waals surface area contributed by atoms with Crippen LogP contribution in [0.2, 0.25) is 0 Å². The molecule has 0 radical (unpaired) electrons. The number of benzene rings is 1. The molecule has 108 valence electrons. The van der Waals surface area contributed by atoms with Gasteiger partial charge in [-0.2, -0.15) is 5.26 Å². The average molecular weight is 273 g/mol. The number of piperidine rings is 1. The van der Waals surface area contributed by atoms with Crippen molar-refractivity contribution in [3.63, 3.8) is 0 Å². The Labute approximate surface area is 121 Å². The summed E-state index contributed by atoms with van der Waals surface area (Å²) in [5.74, 6) is 0.835. The molecule has 1 unspecified atom stereocenters. The van der Waals surface area contributed by atoms with Crippen LogP contribution in [0.1, 0.15) is 25.3 Å². The zero-order valence-corrected chi connectivity index (χ0v) is 12.1. The minimum atomic E-state index is 0.637. The number of nitrogens with zero attached hydrogens (tertiary/aromatic N) is 2. The van der Waals surface area contributed by atoms with Crippen LogP contribution >= 0.6 is 0 Å². The van der Waals surface area contributed by atoms with Gasteiger partial charge in [-0.05, 0) is 50.2 Å². The Morgan fingerprint density at radius 1 is 1.40 bits per heavy atom. The molecule has 1 heterocycles. The summed E-state index contributed by atoms with van der Waals surface area (Å²) in [5, 5.41) is 12.2. The van der Waals surface area contributed by atoms with Crippen LogP contribution in [0.5, 0.6) is 5.75 Å². The molecule has 4 heteroatoms. The molecule has 1 fully saturated rings. The van der Waals surface area contributed by atoms with Crippen LogP contribution in [0, 0.1) is 11.3 Å². The lowest BCUT2D eigenvalue weighted by Gasteiger charge is -2.33. The molecule has 0 saturated carbocycles. The number of hydrogen-bond donors (Lipinski definition) is 1. The maximum Gasteiger partial charge on any atom is 0.119 e. The predicted molar refractivity (Wildman–Crippen MR) is 79.8 cm³/mol. The van der Waals surface area contributed by atoms with Crippen molar-refractivity contribution >= 4 is 0 Å². The minimum Gasteiger partial charge on any atom is -0.492 e. The Kier molecular flexibility index (Phi) is 5.85. The highest BCUT2D eigenvalue weighted by molar-refractivity contribution is 5.34. The van der Waals surface area contributed by atoms with Gasteiger partial charge in [0.1, 0.15) is 12.4 Å². The summed E-state index contributed by atoms with van der Waals surface area (Å²) in [6, 6.07) is 10.0. The van der Waals surface area contributed by atoms with Gasteiger partial charge in [0.05, 0.1) is 11.6 Å². The fraction of sp³-hybridized carbons (Fsp3) is 0.562. The van der Waals surface area contributed by atoms with Crippen molar-refractivity contribution in [3.8, 4) is 11.8 Å². The van der Waals surface area contributed by atoms with Gasteiger partial charge in [-0.25, -0.2) is 0 Å². The number of nitrogens with one attached hydrogen (secondary N) is 1. The molecule has 2 rings (SSSR count). The molecular weight excluding hydrogens is 250 g/mol. The minimum absolute atomic E-state index is 0.637. The normalized spacial score (nSPS) is 18.8. The summed E-state index contributed by atoms with van der Waals surface area (Å²) in [7, 11) is 0.